The first-order valence-corrected chi connectivity index (χ1v) is 12.7. The normalized spacial score (nSPS) is 16.9. The number of morpholine rings is 1. The number of fused-ring (bicyclic) bond motifs is 1. The Balaban J connectivity index is 1.53. The number of nitrogens with zero attached hydrogens (tertiary/aromatic N) is 1. The second kappa shape index (κ2) is 10.0. The lowest BCUT2D eigenvalue weighted by Gasteiger charge is -2.26. The van der Waals surface area contributed by atoms with Gasteiger partial charge in [0.15, 0.2) is 0 Å². The Morgan fingerprint density at radius 1 is 1.06 bits per heavy atom. The number of aryl methyl sites for hydroxylation is 2. The monoisotopic (exact) mass is 458 g/mol. The van der Waals surface area contributed by atoms with Gasteiger partial charge in [-0.05, 0) is 67.5 Å². The summed E-state index contributed by atoms with van der Waals surface area (Å²) in [5.41, 5.74) is 4.03. The molecule has 0 spiro atoms. The molecule has 0 unspecified atom stereocenters. The minimum Gasteiger partial charge on any atom is -0.492 e. The molecule has 0 atom stereocenters. The van der Waals surface area contributed by atoms with Crippen molar-refractivity contribution in [3.63, 3.8) is 0 Å². The summed E-state index contributed by atoms with van der Waals surface area (Å²) in [6, 6.07) is 10.9. The Kier molecular flexibility index (Phi) is 7.13. The molecule has 172 valence electrons. The summed E-state index contributed by atoms with van der Waals surface area (Å²) in [5.74, 6) is 0.245. The van der Waals surface area contributed by atoms with Crippen molar-refractivity contribution < 1.29 is 22.7 Å². The second-order valence-corrected chi connectivity index (χ2v) is 10.1. The van der Waals surface area contributed by atoms with Crippen LogP contribution in [-0.4, -0.2) is 51.5 Å². The third-order valence-corrected chi connectivity index (χ3v) is 7.81. The van der Waals surface area contributed by atoms with Crippen LogP contribution in [-0.2, 0) is 38.8 Å². The summed E-state index contributed by atoms with van der Waals surface area (Å²) in [5, 5.41) is 2.87. The number of hydrogen-bond donors (Lipinski definition) is 1. The fraction of sp³-hybridized carbons (Fsp3) is 0.458. The molecule has 1 heterocycles. The van der Waals surface area contributed by atoms with Gasteiger partial charge in [-0.15, -0.1) is 0 Å². The maximum Gasteiger partial charge on any atom is 0.243 e. The minimum atomic E-state index is -3.67. The molecule has 4 rings (SSSR count). The zero-order chi connectivity index (χ0) is 22.6. The summed E-state index contributed by atoms with van der Waals surface area (Å²) in [6.07, 6.45) is 4.78. The largest absolute Gasteiger partial charge is 0.492 e. The Morgan fingerprint density at radius 2 is 1.81 bits per heavy atom. The number of benzene rings is 2. The van der Waals surface area contributed by atoms with Gasteiger partial charge in [0.1, 0.15) is 5.75 Å². The topological polar surface area (TPSA) is 84.9 Å². The van der Waals surface area contributed by atoms with Crippen LogP contribution in [0.5, 0.6) is 5.75 Å². The fourth-order valence-electron chi connectivity index (χ4n) is 4.26. The highest BCUT2D eigenvalue weighted by molar-refractivity contribution is 7.89. The number of nitrogens with one attached hydrogen (secondary N) is 1. The minimum absolute atomic E-state index is 0.131. The van der Waals surface area contributed by atoms with E-state index in [1.807, 2.05) is 13.0 Å². The Morgan fingerprint density at radius 3 is 2.56 bits per heavy atom. The molecule has 2 aromatic carbocycles. The predicted octanol–water partition coefficient (Wildman–Crippen LogP) is 3.17. The van der Waals surface area contributed by atoms with Crippen molar-refractivity contribution in [2.75, 3.05) is 38.2 Å². The molecule has 2 aromatic rings. The van der Waals surface area contributed by atoms with E-state index in [2.05, 4.69) is 17.4 Å². The molecule has 1 N–H and O–H groups in total. The van der Waals surface area contributed by atoms with Gasteiger partial charge >= 0.3 is 0 Å². The third kappa shape index (κ3) is 5.14. The van der Waals surface area contributed by atoms with E-state index in [1.165, 1.54) is 40.4 Å². The van der Waals surface area contributed by atoms with Crippen molar-refractivity contribution in [2.45, 2.75) is 43.9 Å². The Hall–Kier alpha value is -2.42. The standard InChI is InChI=1S/C24H30N2O5S/c1-2-31-23-10-9-21(32(28,29)26-11-13-30-14-12-26)17-22(23)25-24(27)16-18-7-8-19-5-3-4-6-20(19)15-18/h7-10,15,17H,2-6,11-14,16H2,1H3,(H,25,27). The molecule has 0 radical (unpaired) electrons. The SMILES string of the molecule is CCOc1ccc(S(=O)(=O)N2CCOCC2)cc1NC(=O)Cc1ccc2c(c1)CCCC2. The molecule has 8 heteroatoms. The van der Waals surface area contributed by atoms with Crippen LogP contribution in [0.1, 0.15) is 36.5 Å². The molecule has 0 aromatic heterocycles. The van der Waals surface area contributed by atoms with Crippen LogP contribution >= 0.6 is 0 Å². The van der Waals surface area contributed by atoms with Crippen molar-refractivity contribution in [3.8, 4) is 5.75 Å². The third-order valence-electron chi connectivity index (χ3n) is 5.91. The van der Waals surface area contributed by atoms with Crippen LogP contribution in [0.25, 0.3) is 0 Å². The van der Waals surface area contributed by atoms with Crippen molar-refractivity contribution in [1.82, 2.24) is 4.31 Å². The van der Waals surface area contributed by atoms with Gasteiger partial charge in [0.05, 0.1) is 36.8 Å². The van der Waals surface area contributed by atoms with Gasteiger partial charge in [-0.25, -0.2) is 8.42 Å². The zero-order valence-corrected chi connectivity index (χ0v) is 19.2. The summed E-state index contributed by atoms with van der Waals surface area (Å²) in [7, 11) is -3.67. The molecule has 1 aliphatic heterocycles. The van der Waals surface area contributed by atoms with E-state index in [9.17, 15) is 13.2 Å². The molecule has 32 heavy (non-hydrogen) atoms. The molecule has 0 saturated carbocycles. The molecule has 2 aliphatic rings. The lowest BCUT2D eigenvalue weighted by atomic mass is 9.90. The number of anilines is 1. The van der Waals surface area contributed by atoms with Gasteiger partial charge in [-0.2, -0.15) is 4.31 Å². The summed E-state index contributed by atoms with van der Waals surface area (Å²) in [4.78, 5) is 13.0. The summed E-state index contributed by atoms with van der Waals surface area (Å²) in [6.45, 7) is 3.63. The molecule has 1 fully saturated rings. The first-order valence-electron chi connectivity index (χ1n) is 11.2. The fourth-order valence-corrected chi connectivity index (χ4v) is 5.70. The first kappa shape index (κ1) is 22.8. The average Bonchev–Trinajstić information content (AvgIpc) is 2.80. The van der Waals surface area contributed by atoms with E-state index in [-0.39, 0.29) is 17.2 Å². The highest BCUT2D eigenvalue weighted by Crippen LogP contribution is 2.30. The van der Waals surface area contributed by atoms with Crippen molar-refractivity contribution in [1.29, 1.82) is 0 Å². The van der Waals surface area contributed by atoms with Gasteiger partial charge in [-0.1, -0.05) is 18.2 Å². The molecule has 0 bridgehead atoms. The molecule has 1 aliphatic carbocycles. The highest BCUT2D eigenvalue weighted by atomic mass is 32.2. The van der Waals surface area contributed by atoms with Crippen LogP contribution in [0.4, 0.5) is 5.69 Å². The van der Waals surface area contributed by atoms with Crippen LogP contribution in [0.15, 0.2) is 41.3 Å². The Bertz CT molecular complexity index is 1080. The number of hydrogen-bond acceptors (Lipinski definition) is 5. The van der Waals surface area contributed by atoms with Crippen LogP contribution < -0.4 is 10.1 Å². The smallest absolute Gasteiger partial charge is 0.243 e. The number of sulfonamides is 1. The van der Waals surface area contributed by atoms with Crippen LogP contribution in [0.3, 0.4) is 0 Å². The van der Waals surface area contributed by atoms with E-state index < -0.39 is 10.0 Å². The number of rotatable bonds is 7. The maximum atomic E-state index is 13.0. The van der Waals surface area contributed by atoms with E-state index in [0.717, 1.165) is 18.4 Å². The Labute approximate surface area is 189 Å². The van der Waals surface area contributed by atoms with Gasteiger partial charge in [-0.3, -0.25) is 4.79 Å². The van der Waals surface area contributed by atoms with Crippen molar-refractivity contribution >= 4 is 21.6 Å². The molecule has 1 amide bonds. The van der Waals surface area contributed by atoms with Crippen molar-refractivity contribution in [3.05, 3.63) is 53.1 Å². The van der Waals surface area contributed by atoms with Crippen LogP contribution in [0, 0.1) is 0 Å². The highest BCUT2D eigenvalue weighted by Gasteiger charge is 2.27. The zero-order valence-electron chi connectivity index (χ0n) is 18.4. The lowest BCUT2D eigenvalue weighted by Crippen LogP contribution is -2.40. The first-order chi connectivity index (χ1) is 15.5. The number of ether oxygens (including phenoxy) is 2. The van der Waals surface area contributed by atoms with Gasteiger partial charge < -0.3 is 14.8 Å². The quantitative estimate of drug-likeness (QED) is 0.689. The van der Waals surface area contributed by atoms with Gasteiger partial charge in [0.2, 0.25) is 15.9 Å². The number of carbonyl (C=O) groups excluding carboxylic acids is 1. The van der Waals surface area contributed by atoms with E-state index in [0.29, 0.717) is 44.3 Å². The van der Waals surface area contributed by atoms with E-state index in [4.69, 9.17) is 9.47 Å². The summed E-state index contributed by atoms with van der Waals surface area (Å²) < 4.78 is 38.4. The van der Waals surface area contributed by atoms with Crippen LogP contribution in [0.2, 0.25) is 0 Å². The van der Waals surface area contributed by atoms with Gasteiger partial charge in [0, 0.05) is 13.1 Å². The maximum absolute atomic E-state index is 13.0. The number of carbonyl (C=O) groups is 1. The predicted molar refractivity (Wildman–Crippen MR) is 123 cm³/mol. The van der Waals surface area contributed by atoms with Gasteiger partial charge in [0.25, 0.3) is 0 Å². The summed E-state index contributed by atoms with van der Waals surface area (Å²) >= 11 is 0. The molecular formula is C24H30N2O5S. The average molecular weight is 459 g/mol. The molecule has 1 saturated heterocycles. The lowest BCUT2D eigenvalue weighted by molar-refractivity contribution is -0.115. The molecular weight excluding hydrogens is 428 g/mol. The van der Waals surface area contributed by atoms with E-state index in [1.54, 1.807) is 6.07 Å². The number of amides is 1. The van der Waals surface area contributed by atoms with Crippen molar-refractivity contribution in [2.24, 2.45) is 0 Å². The van der Waals surface area contributed by atoms with E-state index >= 15 is 0 Å². The molecule has 7 nitrogen and oxygen atoms in total. The second-order valence-electron chi connectivity index (χ2n) is 8.14.